The van der Waals surface area contributed by atoms with Crippen molar-refractivity contribution in [2.45, 2.75) is 278 Å². The van der Waals surface area contributed by atoms with Crippen LogP contribution in [-0.4, -0.2) is 287 Å². The number of allylic oxidation sites excluding steroid dienone is 3. The molecule has 6 saturated heterocycles. The third-order valence-corrected chi connectivity index (χ3v) is 22.4. The molecule has 33 atom stereocenters. The number of esters is 1. The number of carbonyl (C=O) groups excluding carboxylic acids is 1. The van der Waals surface area contributed by atoms with E-state index in [0.717, 1.165) is 11.1 Å². The zero-order valence-corrected chi connectivity index (χ0v) is 51.3. The van der Waals surface area contributed by atoms with Crippen LogP contribution in [0.15, 0.2) is 23.3 Å². The summed E-state index contributed by atoms with van der Waals surface area (Å²) in [5.74, 6) is -0.889. The van der Waals surface area contributed by atoms with Gasteiger partial charge in [-0.15, -0.1) is 0 Å². The Bertz CT molecular complexity index is 2500. The van der Waals surface area contributed by atoms with Crippen LogP contribution in [0.1, 0.15) is 107 Å². The summed E-state index contributed by atoms with van der Waals surface area (Å²) in [4.78, 5) is 14.6. The van der Waals surface area contributed by atoms with Gasteiger partial charge in [0.15, 0.2) is 31.5 Å². The second-order valence-electron chi connectivity index (χ2n) is 27.8. The minimum Gasteiger partial charge on any atom is -0.456 e. The molecule has 28 nitrogen and oxygen atoms in total. The number of methoxy groups -OCH3 is 1. The van der Waals surface area contributed by atoms with Crippen molar-refractivity contribution in [3.05, 3.63) is 23.3 Å². The first-order chi connectivity index (χ1) is 41.3. The van der Waals surface area contributed by atoms with E-state index in [2.05, 4.69) is 20.8 Å². The smallest absolute Gasteiger partial charge is 0.319 e. The number of fused-ring (bicyclic) bond motifs is 4. The molecule has 33 unspecified atom stereocenters. The maximum absolute atomic E-state index is 14.6. The SMILES string of the molecule is COC1C(O)C(CO)OC(OC2C(O)C(CO)OC(OC3C(C)OC(OC4C(OC5CCC6(C)C7=CC(O)C89C(=O)OC(C)(CCC=C(C)C)C8(O)CCC9(C)C7CCC6C5(C)C)OCC(OC5OC(CO)C(O)C(O)C5O)C4O)C(O)C3O)C2O)C1O. The number of aliphatic hydroxyl groups is 15. The highest BCUT2D eigenvalue weighted by molar-refractivity contribution is 5.86. The van der Waals surface area contributed by atoms with Crippen LogP contribution in [-0.2, 0) is 61.6 Å². The lowest BCUT2D eigenvalue weighted by atomic mass is 9.40. The van der Waals surface area contributed by atoms with Crippen LogP contribution >= 0.6 is 0 Å². The standard InChI is InChI=1S/C60H96O28/c1-24(2)11-10-15-58(8)59(76)18-17-57(7)26-12-13-32-55(4,5)34(14-16-56(32,6)27(26)19-33(64)60(57,59)54(75)88-58)84-53-48(38(68)31(23-78-53)83-50-41(71)39(69)35(65)28(20-61)80-50)87-49-42(72)40(70)45(25(3)79-49)85-52-44(74)47(37(67)30(22-63)82-52)86-51-43(73)46(77-9)36(66)29(21-62)81-51/h11,19,25-26,28-53,61-74,76H,10,12-18,20-23H2,1-9H3. The molecule has 6 aliphatic heterocycles. The fourth-order valence-corrected chi connectivity index (χ4v) is 17.5. The lowest BCUT2D eigenvalue weighted by molar-refractivity contribution is -0.394. The normalized spacial score (nSPS) is 53.5. The molecule has 28 heteroatoms. The quantitative estimate of drug-likeness (QED) is 0.0382. The summed E-state index contributed by atoms with van der Waals surface area (Å²) in [5, 5.41) is 168. The molecule has 4 aliphatic carbocycles. The van der Waals surface area contributed by atoms with Crippen LogP contribution in [0.2, 0.25) is 0 Å². The summed E-state index contributed by atoms with van der Waals surface area (Å²) < 4.78 is 72.1. The Labute approximate surface area is 510 Å². The van der Waals surface area contributed by atoms with E-state index < -0.39 is 225 Å². The van der Waals surface area contributed by atoms with E-state index in [1.807, 2.05) is 32.9 Å². The van der Waals surface area contributed by atoms with E-state index in [1.54, 1.807) is 6.92 Å². The summed E-state index contributed by atoms with van der Waals surface area (Å²) in [6.07, 6.45) is -34.4. The fourth-order valence-electron chi connectivity index (χ4n) is 17.5. The number of carbonyl (C=O) groups is 1. The second kappa shape index (κ2) is 25.6. The maximum Gasteiger partial charge on any atom is 0.319 e. The van der Waals surface area contributed by atoms with E-state index >= 15 is 0 Å². The van der Waals surface area contributed by atoms with Gasteiger partial charge < -0.3 is 133 Å². The average molecular weight is 1270 g/mol. The fraction of sp³-hybridized carbons (Fsp3) is 0.917. The first-order valence-electron chi connectivity index (χ1n) is 31.0. The Kier molecular flexibility index (Phi) is 20.0. The molecule has 15 N–H and O–H groups in total. The monoisotopic (exact) mass is 1260 g/mol. The third kappa shape index (κ3) is 10.9. The first-order valence-corrected chi connectivity index (χ1v) is 31.0. The zero-order valence-electron chi connectivity index (χ0n) is 51.3. The van der Waals surface area contributed by atoms with Crippen molar-refractivity contribution in [1.82, 2.24) is 0 Å². The molecule has 0 radical (unpaired) electrons. The molecule has 3 saturated carbocycles. The van der Waals surface area contributed by atoms with Gasteiger partial charge in [0.1, 0.15) is 126 Å². The number of hydrogen-bond donors (Lipinski definition) is 15. The highest BCUT2D eigenvalue weighted by Crippen LogP contribution is 2.77. The van der Waals surface area contributed by atoms with E-state index in [-0.39, 0.29) is 18.3 Å². The minimum absolute atomic E-state index is 0.116. The van der Waals surface area contributed by atoms with E-state index in [4.69, 9.17) is 56.8 Å². The van der Waals surface area contributed by atoms with Gasteiger partial charge in [-0.3, -0.25) is 4.79 Å². The van der Waals surface area contributed by atoms with Crippen molar-refractivity contribution in [2.24, 2.45) is 33.5 Å². The van der Waals surface area contributed by atoms with Gasteiger partial charge in [0.05, 0.1) is 44.7 Å². The van der Waals surface area contributed by atoms with Gasteiger partial charge in [0, 0.05) is 7.11 Å². The Balaban J connectivity index is 0.877. The number of rotatable bonds is 17. The predicted molar refractivity (Wildman–Crippen MR) is 296 cm³/mol. The highest BCUT2D eigenvalue weighted by atomic mass is 16.8. The predicted octanol–water partition coefficient (Wildman–Crippen LogP) is -3.48. The zero-order chi connectivity index (χ0) is 64.3. The molecule has 0 aromatic carbocycles. The van der Waals surface area contributed by atoms with E-state index in [9.17, 15) is 81.4 Å². The van der Waals surface area contributed by atoms with Crippen LogP contribution in [0.3, 0.4) is 0 Å². The van der Waals surface area contributed by atoms with E-state index in [1.165, 1.54) is 14.0 Å². The minimum atomic E-state index is -2.04. The molecule has 10 rings (SSSR count). The van der Waals surface area contributed by atoms with Crippen LogP contribution in [0.4, 0.5) is 0 Å². The molecule has 10 aliphatic rings. The van der Waals surface area contributed by atoms with Gasteiger partial charge in [-0.25, -0.2) is 0 Å². The molecule has 6 heterocycles. The van der Waals surface area contributed by atoms with Crippen LogP contribution in [0, 0.1) is 33.5 Å². The van der Waals surface area contributed by atoms with Crippen molar-refractivity contribution in [2.75, 3.05) is 33.5 Å². The highest BCUT2D eigenvalue weighted by Gasteiger charge is 2.85. The van der Waals surface area contributed by atoms with Crippen LogP contribution in [0.25, 0.3) is 0 Å². The van der Waals surface area contributed by atoms with Gasteiger partial charge in [0.25, 0.3) is 0 Å². The molecule has 9 fully saturated rings. The van der Waals surface area contributed by atoms with Crippen LogP contribution < -0.4 is 0 Å². The Morgan fingerprint density at radius 2 is 1.16 bits per heavy atom. The largest absolute Gasteiger partial charge is 0.456 e. The summed E-state index contributed by atoms with van der Waals surface area (Å²) in [7, 11) is 1.18. The number of cyclic esters (lactones) is 1. The second-order valence-corrected chi connectivity index (χ2v) is 27.8. The summed E-state index contributed by atoms with van der Waals surface area (Å²) in [6.45, 7) is 12.7. The van der Waals surface area contributed by atoms with Crippen molar-refractivity contribution < 1.29 is 138 Å². The molecule has 504 valence electrons. The van der Waals surface area contributed by atoms with Gasteiger partial charge in [0.2, 0.25) is 0 Å². The molecular formula is C60H96O28. The topological polar surface area (TPSA) is 431 Å². The number of ether oxygens (including phenoxy) is 12. The molecule has 0 bridgehead atoms. The Morgan fingerprint density at radius 3 is 1.77 bits per heavy atom. The molecular weight excluding hydrogens is 1170 g/mol. The molecule has 0 amide bonds. The molecule has 0 aromatic heterocycles. The molecule has 0 aromatic rings. The number of hydrogen-bond acceptors (Lipinski definition) is 28. The summed E-state index contributed by atoms with van der Waals surface area (Å²) in [6, 6.07) is 0. The van der Waals surface area contributed by atoms with Gasteiger partial charge >= 0.3 is 5.97 Å². The van der Waals surface area contributed by atoms with Crippen molar-refractivity contribution in [3.63, 3.8) is 0 Å². The third-order valence-electron chi connectivity index (χ3n) is 22.4. The van der Waals surface area contributed by atoms with Gasteiger partial charge in [-0.05, 0) is 107 Å². The first kappa shape index (κ1) is 68.8. The molecule has 1 spiro atoms. The van der Waals surface area contributed by atoms with Crippen molar-refractivity contribution in [1.29, 1.82) is 0 Å². The average Bonchev–Trinajstić information content (AvgIpc) is 1.44. The summed E-state index contributed by atoms with van der Waals surface area (Å²) in [5.41, 5.74) is -4.49. The van der Waals surface area contributed by atoms with Crippen molar-refractivity contribution >= 4 is 5.97 Å². The maximum atomic E-state index is 14.6. The summed E-state index contributed by atoms with van der Waals surface area (Å²) >= 11 is 0. The lowest BCUT2D eigenvalue weighted by Gasteiger charge is -2.64. The Morgan fingerprint density at radius 1 is 0.602 bits per heavy atom. The number of aliphatic hydroxyl groups excluding tert-OH is 14. The van der Waals surface area contributed by atoms with Gasteiger partial charge in [-0.1, -0.05) is 51.0 Å². The van der Waals surface area contributed by atoms with Gasteiger partial charge in [-0.2, -0.15) is 0 Å². The van der Waals surface area contributed by atoms with Crippen molar-refractivity contribution in [3.8, 4) is 0 Å². The Hall–Kier alpha value is -2.09. The van der Waals surface area contributed by atoms with Crippen LogP contribution in [0.5, 0.6) is 0 Å². The lowest BCUT2D eigenvalue weighted by Crippen LogP contribution is -2.68. The van der Waals surface area contributed by atoms with E-state index in [0.29, 0.717) is 44.9 Å². The molecule has 88 heavy (non-hydrogen) atoms.